The van der Waals surface area contributed by atoms with E-state index in [1.54, 1.807) is 45.2 Å². The summed E-state index contributed by atoms with van der Waals surface area (Å²) in [6.45, 7) is 6.95. The van der Waals surface area contributed by atoms with E-state index < -0.39 is 11.7 Å². The first kappa shape index (κ1) is 29.3. The van der Waals surface area contributed by atoms with E-state index in [9.17, 15) is 14.4 Å². The Balaban J connectivity index is 1.32. The van der Waals surface area contributed by atoms with E-state index in [4.69, 9.17) is 4.74 Å². The van der Waals surface area contributed by atoms with Crippen LogP contribution in [0.5, 0.6) is 0 Å². The second-order valence-electron chi connectivity index (χ2n) is 12.2. The minimum absolute atomic E-state index is 0.0542. The number of rotatable bonds is 5. The number of carbonyl (C=O) groups is 3. The fraction of sp³-hybridized carbons (Fsp3) is 0.516. The largest absolute Gasteiger partial charge is 0.442 e. The number of aromatic nitrogens is 3. The summed E-state index contributed by atoms with van der Waals surface area (Å²) in [5.74, 6) is 0.375. The van der Waals surface area contributed by atoms with Crippen molar-refractivity contribution in [1.82, 2.24) is 25.3 Å². The Hall–Kier alpha value is -4.15. The lowest BCUT2D eigenvalue weighted by molar-refractivity contribution is -0.125. The smallest absolute Gasteiger partial charge is 0.435 e. The Kier molecular flexibility index (Phi) is 8.94. The standard InChI is InChI=1S/C31H41N7O4/c1-31(2,3)42-30(41)38(36-27(39)21-11-7-4-5-8-12-21)25-19-23-20-32-29(35-26(23)34-25)33-24-15-13-22(14-16-24)28(40)37-17-9-6-10-18-37/h13-16,19-21H,4-12,17-18H2,1-3H3,(H,36,39)(H2,32,33,34,35). The van der Waals surface area contributed by atoms with Crippen LogP contribution in [0.1, 0.15) is 88.9 Å². The van der Waals surface area contributed by atoms with Gasteiger partial charge < -0.3 is 19.9 Å². The van der Waals surface area contributed by atoms with Crippen LogP contribution in [0.2, 0.25) is 0 Å². The summed E-state index contributed by atoms with van der Waals surface area (Å²) in [6, 6.07) is 8.98. The minimum atomic E-state index is -0.751. The van der Waals surface area contributed by atoms with E-state index in [1.807, 2.05) is 17.0 Å². The molecule has 0 unspecified atom stereocenters. The molecular formula is C31H41N7O4. The Morgan fingerprint density at radius 1 is 0.976 bits per heavy atom. The van der Waals surface area contributed by atoms with Gasteiger partial charge >= 0.3 is 6.09 Å². The van der Waals surface area contributed by atoms with Crippen molar-refractivity contribution in [2.45, 2.75) is 84.2 Å². The molecule has 2 fully saturated rings. The summed E-state index contributed by atoms with van der Waals surface area (Å²) in [7, 11) is 0. The maximum Gasteiger partial charge on any atom is 0.435 e. The van der Waals surface area contributed by atoms with Gasteiger partial charge in [0.2, 0.25) is 11.9 Å². The highest BCUT2D eigenvalue weighted by Crippen LogP contribution is 2.26. The minimum Gasteiger partial charge on any atom is -0.442 e. The van der Waals surface area contributed by atoms with Gasteiger partial charge in [-0.3, -0.25) is 15.0 Å². The van der Waals surface area contributed by atoms with Crippen molar-refractivity contribution in [2.24, 2.45) is 5.92 Å². The van der Waals surface area contributed by atoms with Crippen LogP contribution in [0.3, 0.4) is 0 Å². The van der Waals surface area contributed by atoms with Gasteiger partial charge in [0, 0.05) is 41.8 Å². The lowest BCUT2D eigenvalue weighted by Gasteiger charge is -2.27. The maximum absolute atomic E-state index is 13.2. The summed E-state index contributed by atoms with van der Waals surface area (Å²) < 4.78 is 5.61. The second-order valence-corrected chi connectivity index (χ2v) is 12.2. The zero-order chi connectivity index (χ0) is 29.7. The van der Waals surface area contributed by atoms with Crippen molar-refractivity contribution >= 4 is 46.4 Å². The molecule has 1 saturated heterocycles. The number of benzene rings is 1. The number of hydrogen-bond donors (Lipinski definition) is 3. The Labute approximate surface area is 246 Å². The van der Waals surface area contributed by atoms with E-state index in [-0.39, 0.29) is 17.7 Å². The van der Waals surface area contributed by atoms with Gasteiger partial charge in [-0.25, -0.2) is 9.78 Å². The van der Waals surface area contributed by atoms with Crippen LogP contribution < -0.4 is 15.8 Å². The number of aromatic amines is 1. The number of nitrogens with zero attached hydrogens (tertiary/aromatic N) is 4. The average Bonchev–Trinajstić information content (AvgIpc) is 3.18. The molecule has 0 spiro atoms. The third-order valence-electron chi connectivity index (χ3n) is 7.65. The van der Waals surface area contributed by atoms with Crippen molar-refractivity contribution < 1.29 is 19.1 Å². The van der Waals surface area contributed by atoms with Crippen molar-refractivity contribution in [1.29, 1.82) is 0 Å². The van der Waals surface area contributed by atoms with Crippen LogP contribution in [0.15, 0.2) is 36.5 Å². The summed E-state index contributed by atoms with van der Waals surface area (Å²) in [4.78, 5) is 53.2. The van der Waals surface area contributed by atoms with Crippen molar-refractivity contribution in [3.8, 4) is 0 Å². The Bertz CT molecular complexity index is 1400. The molecule has 1 aromatic carbocycles. The lowest BCUT2D eigenvalue weighted by atomic mass is 10.00. The normalized spacial score (nSPS) is 16.5. The molecule has 0 atom stereocenters. The van der Waals surface area contributed by atoms with Gasteiger partial charge in [-0.15, -0.1) is 0 Å². The van der Waals surface area contributed by atoms with Gasteiger partial charge in [0.05, 0.1) is 0 Å². The fourth-order valence-corrected chi connectivity index (χ4v) is 5.44. The molecule has 0 radical (unpaired) electrons. The molecule has 3 amide bonds. The molecule has 3 N–H and O–H groups in total. The number of likely N-dealkylation sites (tertiary alicyclic amines) is 1. The quantitative estimate of drug-likeness (QED) is 0.248. The molecule has 3 aromatic rings. The SMILES string of the molecule is CC(C)(C)OC(=O)N(NC(=O)C1CCCCCC1)c1cc2cnc(Nc3ccc(C(=O)N4CCCCC4)cc3)nc2[nH]1. The first-order valence-corrected chi connectivity index (χ1v) is 15.0. The van der Waals surface area contributed by atoms with Gasteiger partial charge in [0.15, 0.2) is 0 Å². The first-order valence-electron chi connectivity index (χ1n) is 15.0. The molecule has 5 rings (SSSR count). The van der Waals surface area contributed by atoms with Crippen LogP contribution in [-0.4, -0.2) is 56.5 Å². The summed E-state index contributed by atoms with van der Waals surface area (Å²) in [5, 5.41) is 4.97. The Morgan fingerprint density at radius 3 is 2.31 bits per heavy atom. The predicted molar refractivity (Wildman–Crippen MR) is 161 cm³/mol. The monoisotopic (exact) mass is 575 g/mol. The highest BCUT2D eigenvalue weighted by Gasteiger charge is 2.29. The van der Waals surface area contributed by atoms with Gasteiger partial charge in [-0.2, -0.15) is 9.99 Å². The molecule has 224 valence electrons. The van der Waals surface area contributed by atoms with E-state index in [0.29, 0.717) is 28.4 Å². The van der Waals surface area contributed by atoms with Crippen LogP contribution in [0, 0.1) is 5.92 Å². The first-order chi connectivity index (χ1) is 20.2. The highest BCUT2D eigenvalue weighted by atomic mass is 16.6. The molecule has 3 heterocycles. The predicted octanol–water partition coefficient (Wildman–Crippen LogP) is 6.07. The van der Waals surface area contributed by atoms with Crippen molar-refractivity contribution in [3.05, 3.63) is 42.1 Å². The van der Waals surface area contributed by atoms with Gasteiger partial charge in [-0.1, -0.05) is 25.7 Å². The highest BCUT2D eigenvalue weighted by molar-refractivity contribution is 5.95. The van der Waals surface area contributed by atoms with E-state index in [1.165, 1.54) is 6.42 Å². The number of hydrazine groups is 1. The van der Waals surface area contributed by atoms with E-state index >= 15 is 0 Å². The number of amides is 3. The number of hydrogen-bond acceptors (Lipinski definition) is 7. The molecule has 42 heavy (non-hydrogen) atoms. The zero-order valence-corrected chi connectivity index (χ0v) is 24.7. The van der Waals surface area contributed by atoms with E-state index in [0.717, 1.165) is 75.2 Å². The van der Waals surface area contributed by atoms with Gasteiger partial charge in [-0.05, 0) is 83.2 Å². The van der Waals surface area contributed by atoms with Crippen LogP contribution in [-0.2, 0) is 9.53 Å². The second kappa shape index (κ2) is 12.8. The molecule has 11 heteroatoms. The Morgan fingerprint density at radius 2 is 1.64 bits per heavy atom. The van der Waals surface area contributed by atoms with Crippen LogP contribution >= 0.6 is 0 Å². The number of nitrogens with one attached hydrogen (secondary N) is 3. The van der Waals surface area contributed by atoms with Crippen LogP contribution in [0.4, 0.5) is 22.2 Å². The van der Waals surface area contributed by atoms with E-state index in [2.05, 4.69) is 25.7 Å². The average molecular weight is 576 g/mol. The summed E-state index contributed by atoms with van der Waals surface area (Å²) in [5.41, 5.74) is 3.92. The number of anilines is 3. The zero-order valence-electron chi connectivity index (χ0n) is 24.7. The maximum atomic E-state index is 13.2. The number of piperidine rings is 1. The summed E-state index contributed by atoms with van der Waals surface area (Å²) in [6.07, 6.45) is 10.1. The molecule has 1 saturated carbocycles. The van der Waals surface area contributed by atoms with Gasteiger partial charge in [0.25, 0.3) is 5.91 Å². The molecule has 1 aliphatic carbocycles. The number of carbonyl (C=O) groups excluding carboxylic acids is 3. The number of ether oxygens (including phenoxy) is 1. The topological polar surface area (TPSA) is 133 Å². The molecule has 1 aliphatic heterocycles. The number of H-pyrrole nitrogens is 1. The third kappa shape index (κ3) is 7.37. The van der Waals surface area contributed by atoms with Gasteiger partial charge in [0.1, 0.15) is 17.1 Å². The molecule has 2 aromatic heterocycles. The molecular weight excluding hydrogens is 534 g/mol. The molecule has 11 nitrogen and oxygen atoms in total. The summed E-state index contributed by atoms with van der Waals surface area (Å²) >= 11 is 0. The van der Waals surface area contributed by atoms with Crippen molar-refractivity contribution in [2.75, 3.05) is 23.4 Å². The number of fused-ring (bicyclic) bond motifs is 1. The van der Waals surface area contributed by atoms with Crippen molar-refractivity contribution in [3.63, 3.8) is 0 Å². The van der Waals surface area contributed by atoms with Crippen LogP contribution in [0.25, 0.3) is 11.0 Å². The lowest BCUT2D eigenvalue weighted by Crippen LogP contribution is -2.50. The molecule has 2 aliphatic rings. The molecule has 0 bridgehead atoms. The fourth-order valence-electron chi connectivity index (χ4n) is 5.44. The third-order valence-corrected chi connectivity index (χ3v) is 7.65.